The number of ketones is 1. The molecule has 1 aliphatic rings. The molecule has 0 N–H and O–H groups in total. The van der Waals surface area contributed by atoms with Crippen molar-refractivity contribution < 1.29 is 9.53 Å². The van der Waals surface area contributed by atoms with E-state index in [2.05, 4.69) is 4.90 Å². The van der Waals surface area contributed by atoms with Crippen LogP contribution < -0.4 is 4.74 Å². The zero-order valence-corrected chi connectivity index (χ0v) is 11.7. The largest absolute Gasteiger partial charge is 0.493 e. The zero-order valence-electron chi connectivity index (χ0n) is 11.7. The van der Waals surface area contributed by atoms with Gasteiger partial charge in [-0.05, 0) is 38.4 Å². The number of Topliss-reactive ketones (excluding diaryl/α,β-unsaturated/α-hetero) is 1. The van der Waals surface area contributed by atoms with Crippen LogP contribution in [0.3, 0.4) is 0 Å². The summed E-state index contributed by atoms with van der Waals surface area (Å²) in [4.78, 5) is 13.9. The Morgan fingerprint density at radius 3 is 2.63 bits per heavy atom. The molecule has 0 aliphatic carbocycles. The summed E-state index contributed by atoms with van der Waals surface area (Å²) in [5.74, 6) is 0.785. The van der Waals surface area contributed by atoms with Crippen LogP contribution in [0.2, 0.25) is 0 Å². The van der Waals surface area contributed by atoms with Crippen molar-refractivity contribution in [1.29, 1.82) is 0 Å². The molecule has 1 saturated heterocycles. The summed E-state index contributed by atoms with van der Waals surface area (Å²) < 4.78 is 5.71. The topological polar surface area (TPSA) is 29.3 Å². The number of carbonyl (C=O) groups is 1. The molecule has 19 heavy (non-hydrogen) atoms. The second-order valence-electron chi connectivity index (χ2n) is 5.16. The Balaban J connectivity index is 1.60. The standard InChI is InChI=1S/C16H23NO2/c1-14(18)15-8-4-5-9-16(15)19-13-7-3-2-6-10-17-11-12-17/h4-5,8-9H,2-3,6-7,10-13H2,1H3. The Labute approximate surface area is 115 Å². The number of para-hydroxylation sites is 1. The van der Waals surface area contributed by atoms with Crippen molar-refractivity contribution in [2.75, 3.05) is 26.2 Å². The van der Waals surface area contributed by atoms with Gasteiger partial charge in [-0.2, -0.15) is 0 Å². The van der Waals surface area contributed by atoms with Crippen LogP contribution in [0.4, 0.5) is 0 Å². The fraction of sp³-hybridized carbons (Fsp3) is 0.562. The molecular formula is C16H23NO2. The maximum absolute atomic E-state index is 11.4. The van der Waals surface area contributed by atoms with Crippen LogP contribution in [0.1, 0.15) is 43.0 Å². The van der Waals surface area contributed by atoms with E-state index in [4.69, 9.17) is 4.74 Å². The quantitative estimate of drug-likeness (QED) is 0.388. The van der Waals surface area contributed by atoms with Crippen molar-refractivity contribution in [2.24, 2.45) is 0 Å². The summed E-state index contributed by atoms with van der Waals surface area (Å²) >= 11 is 0. The molecule has 104 valence electrons. The first kappa shape index (κ1) is 14.1. The van der Waals surface area contributed by atoms with E-state index in [1.807, 2.05) is 24.3 Å². The van der Waals surface area contributed by atoms with Gasteiger partial charge in [-0.1, -0.05) is 25.0 Å². The molecular weight excluding hydrogens is 238 g/mol. The van der Waals surface area contributed by atoms with Crippen LogP contribution in [-0.2, 0) is 0 Å². The highest BCUT2D eigenvalue weighted by atomic mass is 16.5. The second-order valence-corrected chi connectivity index (χ2v) is 5.16. The van der Waals surface area contributed by atoms with Crippen molar-refractivity contribution in [3.63, 3.8) is 0 Å². The van der Waals surface area contributed by atoms with Gasteiger partial charge in [0.1, 0.15) is 5.75 Å². The first-order chi connectivity index (χ1) is 9.27. The predicted molar refractivity (Wildman–Crippen MR) is 76.8 cm³/mol. The average molecular weight is 261 g/mol. The summed E-state index contributed by atoms with van der Waals surface area (Å²) in [5.41, 5.74) is 0.684. The molecule has 1 heterocycles. The van der Waals surface area contributed by atoms with Gasteiger partial charge in [-0.25, -0.2) is 0 Å². The summed E-state index contributed by atoms with van der Waals surface area (Å²) in [6.45, 7) is 6.13. The first-order valence-corrected chi connectivity index (χ1v) is 7.22. The van der Waals surface area contributed by atoms with E-state index >= 15 is 0 Å². The van der Waals surface area contributed by atoms with Crippen LogP contribution >= 0.6 is 0 Å². The van der Waals surface area contributed by atoms with E-state index in [1.165, 1.54) is 38.9 Å². The maximum Gasteiger partial charge on any atom is 0.163 e. The summed E-state index contributed by atoms with van der Waals surface area (Å²) in [6, 6.07) is 7.47. The van der Waals surface area contributed by atoms with Crippen LogP contribution in [0.5, 0.6) is 5.75 Å². The minimum Gasteiger partial charge on any atom is -0.493 e. The van der Waals surface area contributed by atoms with Crippen LogP contribution in [0, 0.1) is 0 Å². The molecule has 2 rings (SSSR count). The lowest BCUT2D eigenvalue weighted by Gasteiger charge is -2.09. The first-order valence-electron chi connectivity index (χ1n) is 7.22. The molecule has 1 aromatic carbocycles. The lowest BCUT2D eigenvalue weighted by molar-refractivity contribution is 0.101. The molecule has 0 amide bonds. The minimum atomic E-state index is 0.0640. The zero-order chi connectivity index (χ0) is 13.5. The third kappa shape index (κ3) is 5.03. The molecule has 3 nitrogen and oxygen atoms in total. The van der Waals surface area contributed by atoms with E-state index < -0.39 is 0 Å². The van der Waals surface area contributed by atoms with E-state index in [0.29, 0.717) is 12.2 Å². The van der Waals surface area contributed by atoms with Crippen molar-refractivity contribution in [1.82, 2.24) is 4.90 Å². The van der Waals surface area contributed by atoms with Gasteiger partial charge in [-0.3, -0.25) is 4.79 Å². The Kier molecular flexibility index (Phi) is 5.40. The van der Waals surface area contributed by atoms with Crippen molar-refractivity contribution in [3.05, 3.63) is 29.8 Å². The molecule has 0 unspecified atom stereocenters. The van der Waals surface area contributed by atoms with Crippen LogP contribution in [0.15, 0.2) is 24.3 Å². The van der Waals surface area contributed by atoms with Gasteiger partial charge in [0.25, 0.3) is 0 Å². The molecule has 1 fully saturated rings. The van der Waals surface area contributed by atoms with Gasteiger partial charge in [0, 0.05) is 13.1 Å². The number of hydrogen-bond acceptors (Lipinski definition) is 3. The highest BCUT2D eigenvalue weighted by Gasteiger charge is 2.15. The summed E-state index contributed by atoms with van der Waals surface area (Å²) in [6.07, 6.45) is 4.83. The number of benzene rings is 1. The molecule has 0 saturated carbocycles. The van der Waals surface area contributed by atoms with Crippen LogP contribution in [-0.4, -0.2) is 36.9 Å². The number of hydrogen-bond donors (Lipinski definition) is 0. The van der Waals surface area contributed by atoms with Gasteiger partial charge >= 0.3 is 0 Å². The van der Waals surface area contributed by atoms with Gasteiger partial charge in [-0.15, -0.1) is 0 Å². The molecule has 1 aliphatic heterocycles. The molecule has 3 heteroatoms. The third-order valence-corrected chi connectivity index (χ3v) is 3.43. The molecule has 1 aromatic rings. The Bertz CT molecular complexity index is 413. The fourth-order valence-electron chi connectivity index (χ4n) is 2.15. The molecule has 0 atom stereocenters. The lowest BCUT2D eigenvalue weighted by Crippen LogP contribution is -2.03. The molecule has 0 radical (unpaired) electrons. The number of rotatable bonds is 9. The lowest BCUT2D eigenvalue weighted by atomic mass is 10.1. The maximum atomic E-state index is 11.4. The molecule has 0 bridgehead atoms. The van der Waals surface area contributed by atoms with Crippen molar-refractivity contribution in [3.8, 4) is 5.75 Å². The van der Waals surface area contributed by atoms with Gasteiger partial charge in [0.05, 0.1) is 12.2 Å². The summed E-state index contributed by atoms with van der Waals surface area (Å²) in [5, 5.41) is 0. The SMILES string of the molecule is CC(=O)c1ccccc1OCCCCCCN1CC1. The third-order valence-electron chi connectivity index (χ3n) is 3.43. The normalized spacial score (nSPS) is 14.4. The smallest absolute Gasteiger partial charge is 0.163 e. The second kappa shape index (κ2) is 7.29. The number of unbranched alkanes of at least 4 members (excludes halogenated alkanes) is 3. The monoisotopic (exact) mass is 261 g/mol. The fourth-order valence-corrected chi connectivity index (χ4v) is 2.15. The van der Waals surface area contributed by atoms with E-state index in [-0.39, 0.29) is 5.78 Å². The van der Waals surface area contributed by atoms with E-state index in [1.54, 1.807) is 6.92 Å². The Morgan fingerprint density at radius 1 is 1.16 bits per heavy atom. The van der Waals surface area contributed by atoms with Gasteiger partial charge < -0.3 is 9.64 Å². The van der Waals surface area contributed by atoms with Gasteiger partial charge in [0.15, 0.2) is 5.78 Å². The average Bonchev–Trinajstić information content (AvgIpc) is 3.22. The number of nitrogens with zero attached hydrogens (tertiary/aromatic N) is 1. The highest BCUT2D eigenvalue weighted by Crippen LogP contribution is 2.18. The van der Waals surface area contributed by atoms with Gasteiger partial charge in [0.2, 0.25) is 0 Å². The molecule has 0 spiro atoms. The molecule has 0 aromatic heterocycles. The predicted octanol–water partition coefficient (Wildman–Crippen LogP) is 3.14. The number of ether oxygens (including phenoxy) is 1. The van der Waals surface area contributed by atoms with E-state index in [0.717, 1.165) is 12.2 Å². The Morgan fingerprint density at radius 2 is 1.89 bits per heavy atom. The van der Waals surface area contributed by atoms with Crippen molar-refractivity contribution >= 4 is 5.78 Å². The van der Waals surface area contributed by atoms with Crippen LogP contribution in [0.25, 0.3) is 0 Å². The van der Waals surface area contributed by atoms with Crippen molar-refractivity contribution in [2.45, 2.75) is 32.6 Å². The minimum absolute atomic E-state index is 0.0640. The highest BCUT2D eigenvalue weighted by molar-refractivity contribution is 5.96. The Hall–Kier alpha value is -1.35. The summed E-state index contributed by atoms with van der Waals surface area (Å²) in [7, 11) is 0. The van der Waals surface area contributed by atoms with E-state index in [9.17, 15) is 4.79 Å². The number of carbonyl (C=O) groups excluding carboxylic acids is 1.